The first kappa shape index (κ1) is 10.3. The number of anilines is 1. The van der Waals surface area contributed by atoms with Gasteiger partial charge in [0, 0.05) is 17.9 Å². The Kier molecular flexibility index (Phi) is 2.56. The molecule has 1 unspecified atom stereocenters. The van der Waals surface area contributed by atoms with Crippen molar-refractivity contribution in [1.82, 2.24) is 4.98 Å². The fourth-order valence-corrected chi connectivity index (χ4v) is 2.54. The number of pyridine rings is 1. The molecular weight excluding hydrogens is 208 g/mol. The SMILES string of the molecule is CC1Cc2ccccc2N1Cc1ccccn1. The van der Waals surface area contributed by atoms with Gasteiger partial charge in [-0.25, -0.2) is 0 Å². The Morgan fingerprint density at radius 2 is 2.00 bits per heavy atom. The van der Waals surface area contributed by atoms with Gasteiger partial charge in [0.1, 0.15) is 0 Å². The molecule has 2 heteroatoms. The molecule has 0 amide bonds. The zero-order valence-corrected chi connectivity index (χ0v) is 10.0. The van der Waals surface area contributed by atoms with Crippen molar-refractivity contribution in [1.29, 1.82) is 0 Å². The van der Waals surface area contributed by atoms with Crippen molar-refractivity contribution in [3.05, 3.63) is 59.9 Å². The molecule has 2 heterocycles. The Balaban J connectivity index is 1.89. The average Bonchev–Trinajstić information content (AvgIpc) is 2.68. The first-order chi connectivity index (χ1) is 8.34. The average molecular weight is 224 g/mol. The van der Waals surface area contributed by atoms with Crippen LogP contribution in [-0.2, 0) is 13.0 Å². The van der Waals surface area contributed by atoms with E-state index in [0.29, 0.717) is 6.04 Å². The molecule has 0 spiro atoms. The minimum atomic E-state index is 0.564. The molecule has 0 saturated carbocycles. The van der Waals surface area contributed by atoms with E-state index in [4.69, 9.17) is 0 Å². The molecule has 1 aliphatic heterocycles. The summed E-state index contributed by atoms with van der Waals surface area (Å²) in [4.78, 5) is 6.85. The van der Waals surface area contributed by atoms with E-state index in [1.54, 1.807) is 0 Å². The third-order valence-electron chi connectivity index (χ3n) is 3.41. The highest BCUT2D eigenvalue weighted by atomic mass is 15.2. The Morgan fingerprint density at radius 1 is 1.18 bits per heavy atom. The van der Waals surface area contributed by atoms with Gasteiger partial charge in [-0.3, -0.25) is 4.98 Å². The Labute approximate surface area is 102 Å². The second-order valence-corrected chi connectivity index (χ2v) is 4.63. The van der Waals surface area contributed by atoms with Gasteiger partial charge in [0.25, 0.3) is 0 Å². The molecule has 0 saturated heterocycles. The van der Waals surface area contributed by atoms with Gasteiger partial charge in [-0.1, -0.05) is 24.3 Å². The van der Waals surface area contributed by atoms with Crippen LogP contribution in [0.1, 0.15) is 18.2 Å². The molecule has 0 N–H and O–H groups in total. The molecule has 0 bridgehead atoms. The zero-order valence-electron chi connectivity index (χ0n) is 10.0. The minimum absolute atomic E-state index is 0.564. The fourth-order valence-electron chi connectivity index (χ4n) is 2.54. The van der Waals surface area contributed by atoms with Crippen molar-refractivity contribution in [3.8, 4) is 0 Å². The number of fused-ring (bicyclic) bond motifs is 1. The second-order valence-electron chi connectivity index (χ2n) is 4.63. The van der Waals surface area contributed by atoms with Gasteiger partial charge in [-0.2, -0.15) is 0 Å². The van der Waals surface area contributed by atoms with E-state index in [2.05, 4.69) is 53.2 Å². The van der Waals surface area contributed by atoms with E-state index in [9.17, 15) is 0 Å². The molecule has 0 fully saturated rings. The summed E-state index contributed by atoms with van der Waals surface area (Å²) in [5.41, 5.74) is 3.96. The molecule has 1 aromatic carbocycles. The van der Waals surface area contributed by atoms with Crippen molar-refractivity contribution in [2.75, 3.05) is 4.90 Å². The largest absolute Gasteiger partial charge is 0.362 e. The number of aromatic nitrogens is 1. The van der Waals surface area contributed by atoms with Gasteiger partial charge in [0.05, 0.1) is 12.2 Å². The van der Waals surface area contributed by atoms with Crippen LogP contribution in [0.3, 0.4) is 0 Å². The number of rotatable bonds is 2. The van der Waals surface area contributed by atoms with E-state index in [1.165, 1.54) is 11.3 Å². The minimum Gasteiger partial charge on any atom is -0.362 e. The lowest BCUT2D eigenvalue weighted by molar-refractivity contribution is 0.665. The van der Waals surface area contributed by atoms with E-state index < -0.39 is 0 Å². The highest BCUT2D eigenvalue weighted by Gasteiger charge is 2.25. The van der Waals surface area contributed by atoms with Crippen LogP contribution in [0.25, 0.3) is 0 Å². The number of para-hydroxylation sites is 1. The summed E-state index contributed by atoms with van der Waals surface area (Å²) in [7, 11) is 0. The third-order valence-corrected chi connectivity index (χ3v) is 3.41. The Morgan fingerprint density at radius 3 is 2.82 bits per heavy atom. The maximum absolute atomic E-state index is 4.41. The lowest BCUT2D eigenvalue weighted by Crippen LogP contribution is -2.28. The van der Waals surface area contributed by atoms with Gasteiger partial charge < -0.3 is 4.90 Å². The molecule has 2 aromatic rings. The van der Waals surface area contributed by atoms with Crippen LogP contribution in [0.4, 0.5) is 5.69 Å². The highest BCUT2D eigenvalue weighted by Crippen LogP contribution is 2.32. The normalized spacial score (nSPS) is 18.2. The van der Waals surface area contributed by atoms with Crippen LogP contribution in [0.15, 0.2) is 48.7 Å². The van der Waals surface area contributed by atoms with E-state index in [-0.39, 0.29) is 0 Å². The molecular formula is C15H16N2. The van der Waals surface area contributed by atoms with Crippen molar-refractivity contribution in [3.63, 3.8) is 0 Å². The smallest absolute Gasteiger partial charge is 0.0605 e. The third kappa shape index (κ3) is 1.91. The molecule has 1 aliphatic rings. The lowest BCUT2D eigenvalue weighted by Gasteiger charge is -2.24. The lowest BCUT2D eigenvalue weighted by atomic mass is 10.1. The Bertz CT molecular complexity index is 507. The van der Waals surface area contributed by atoms with Crippen molar-refractivity contribution in [2.24, 2.45) is 0 Å². The molecule has 0 radical (unpaired) electrons. The van der Waals surface area contributed by atoms with E-state index in [0.717, 1.165) is 18.7 Å². The molecule has 3 rings (SSSR count). The van der Waals surface area contributed by atoms with Gasteiger partial charge in [0.15, 0.2) is 0 Å². The van der Waals surface area contributed by atoms with E-state index in [1.807, 2.05) is 12.3 Å². The van der Waals surface area contributed by atoms with Crippen LogP contribution in [0, 0.1) is 0 Å². The molecule has 17 heavy (non-hydrogen) atoms. The maximum atomic E-state index is 4.41. The summed E-state index contributed by atoms with van der Waals surface area (Å²) < 4.78 is 0. The first-order valence-electron chi connectivity index (χ1n) is 6.09. The number of nitrogens with zero attached hydrogens (tertiary/aromatic N) is 2. The molecule has 2 nitrogen and oxygen atoms in total. The summed E-state index contributed by atoms with van der Waals surface area (Å²) in [5.74, 6) is 0. The van der Waals surface area contributed by atoms with Crippen LogP contribution >= 0.6 is 0 Å². The van der Waals surface area contributed by atoms with Gasteiger partial charge in [-0.05, 0) is 37.1 Å². The summed E-state index contributed by atoms with van der Waals surface area (Å²) >= 11 is 0. The van der Waals surface area contributed by atoms with Crippen LogP contribution in [-0.4, -0.2) is 11.0 Å². The maximum Gasteiger partial charge on any atom is 0.0605 e. The summed E-state index contributed by atoms with van der Waals surface area (Å²) in [6, 6.07) is 15.3. The van der Waals surface area contributed by atoms with E-state index >= 15 is 0 Å². The van der Waals surface area contributed by atoms with Gasteiger partial charge in [-0.15, -0.1) is 0 Å². The zero-order chi connectivity index (χ0) is 11.7. The summed E-state index contributed by atoms with van der Waals surface area (Å²) in [6.07, 6.45) is 3.00. The van der Waals surface area contributed by atoms with Crippen LogP contribution < -0.4 is 4.90 Å². The summed E-state index contributed by atoms with van der Waals surface area (Å²) in [5, 5.41) is 0. The van der Waals surface area contributed by atoms with Crippen molar-refractivity contribution >= 4 is 5.69 Å². The highest BCUT2D eigenvalue weighted by molar-refractivity contribution is 5.59. The number of hydrogen-bond acceptors (Lipinski definition) is 2. The summed E-state index contributed by atoms with van der Waals surface area (Å²) in [6.45, 7) is 3.18. The second kappa shape index (κ2) is 4.21. The molecule has 86 valence electrons. The van der Waals surface area contributed by atoms with Crippen LogP contribution in [0.5, 0.6) is 0 Å². The molecule has 1 atom stereocenters. The van der Waals surface area contributed by atoms with Gasteiger partial charge in [0.2, 0.25) is 0 Å². The fraction of sp³-hybridized carbons (Fsp3) is 0.267. The van der Waals surface area contributed by atoms with Crippen molar-refractivity contribution in [2.45, 2.75) is 25.9 Å². The predicted molar refractivity (Wildman–Crippen MR) is 70.0 cm³/mol. The number of hydrogen-bond donors (Lipinski definition) is 0. The standard InChI is InChI=1S/C15H16N2/c1-12-10-13-6-2-3-8-15(13)17(12)11-14-7-4-5-9-16-14/h2-9,12H,10-11H2,1H3. The monoisotopic (exact) mass is 224 g/mol. The van der Waals surface area contributed by atoms with Crippen LogP contribution in [0.2, 0.25) is 0 Å². The Hall–Kier alpha value is -1.83. The molecule has 0 aliphatic carbocycles. The quantitative estimate of drug-likeness (QED) is 0.779. The molecule has 1 aromatic heterocycles. The topological polar surface area (TPSA) is 16.1 Å². The number of benzene rings is 1. The van der Waals surface area contributed by atoms with Gasteiger partial charge >= 0.3 is 0 Å². The first-order valence-corrected chi connectivity index (χ1v) is 6.09. The predicted octanol–water partition coefficient (Wildman–Crippen LogP) is 3.03. The van der Waals surface area contributed by atoms with Crippen molar-refractivity contribution < 1.29 is 0 Å².